The third kappa shape index (κ3) is 7.05. The predicted molar refractivity (Wildman–Crippen MR) is 192 cm³/mol. The zero-order chi connectivity index (χ0) is 30.2. The van der Waals surface area contributed by atoms with Crippen LogP contribution in [0, 0.1) is 0 Å². The van der Waals surface area contributed by atoms with Gasteiger partial charge in [0.15, 0.2) is 0 Å². The topological polar surface area (TPSA) is 26.3 Å². The second-order valence-corrected chi connectivity index (χ2v) is 29.6. The van der Waals surface area contributed by atoms with Crippen molar-refractivity contribution in [2.45, 2.75) is 98.8 Å². The number of esters is 1. The molecule has 228 valence electrons. The van der Waals surface area contributed by atoms with Gasteiger partial charge in [0.2, 0.25) is 0 Å². The molecule has 2 aromatic carbocycles. The molecule has 0 saturated heterocycles. The summed E-state index contributed by atoms with van der Waals surface area (Å²) >= 11 is -0.306. The Morgan fingerprint density at radius 1 is 0.767 bits per heavy atom. The van der Waals surface area contributed by atoms with Crippen LogP contribution in [-0.4, -0.2) is 31.0 Å². The van der Waals surface area contributed by atoms with Gasteiger partial charge in [-0.3, -0.25) is 0 Å². The molecule has 5 heteroatoms. The quantitative estimate of drug-likeness (QED) is 0.0903. The maximum atomic E-state index is 12.4. The molecule has 0 saturated carbocycles. The van der Waals surface area contributed by atoms with E-state index in [2.05, 4.69) is 86.7 Å². The molecule has 1 aliphatic carbocycles. The van der Waals surface area contributed by atoms with Gasteiger partial charge in [0, 0.05) is 0 Å². The van der Waals surface area contributed by atoms with Crippen LogP contribution >= 0.6 is 18.9 Å². The van der Waals surface area contributed by atoms with Crippen molar-refractivity contribution in [1.29, 1.82) is 0 Å². The van der Waals surface area contributed by atoms with Gasteiger partial charge >= 0.3 is 257 Å². The van der Waals surface area contributed by atoms with Crippen molar-refractivity contribution in [3.8, 4) is 26.3 Å². The van der Waals surface area contributed by atoms with E-state index in [9.17, 15) is 4.79 Å². The second kappa shape index (κ2) is 15.5. The van der Waals surface area contributed by atoms with E-state index in [1.165, 1.54) is 80.8 Å². The van der Waals surface area contributed by atoms with E-state index in [-0.39, 0.29) is 5.97 Å². The van der Waals surface area contributed by atoms with Gasteiger partial charge in [-0.2, -0.15) is 0 Å². The minimum atomic E-state index is -2.51. The van der Waals surface area contributed by atoms with Crippen molar-refractivity contribution in [3.05, 3.63) is 83.4 Å². The molecule has 0 fully saturated rings. The molecule has 1 unspecified atom stereocenters. The van der Waals surface area contributed by atoms with E-state index in [0.717, 1.165) is 6.42 Å². The van der Waals surface area contributed by atoms with Crippen LogP contribution in [0.5, 0.6) is 0 Å². The Morgan fingerprint density at radius 2 is 1.37 bits per heavy atom. The number of hydrogen-bond acceptors (Lipinski definition) is 3. The Kier molecular flexibility index (Phi) is 11.7. The molecule has 1 atom stereocenters. The summed E-state index contributed by atoms with van der Waals surface area (Å²) < 4.78 is 11.7. The number of carbonyl (C=O) groups excluding carboxylic acids is 1. The maximum absolute atomic E-state index is 12.4. The Morgan fingerprint density at radius 3 is 1.95 bits per heavy atom. The summed E-state index contributed by atoms with van der Waals surface area (Å²) in [6, 6.07) is 24.7. The summed E-state index contributed by atoms with van der Waals surface area (Å²) in [5.41, 5.74) is 5.12. The van der Waals surface area contributed by atoms with Gasteiger partial charge in [0.25, 0.3) is 0 Å². The Bertz CT molecular complexity index is 1460. The molecule has 2 heterocycles. The molecule has 0 amide bonds. The van der Waals surface area contributed by atoms with Gasteiger partial charge in [-0.05, 0) is 6.92 Å². The Balaban J connectivity index is 1.66. The van der Waals surface area contributed by atoms with Crippen LogP contribution in [0.15, 0.2) is 66.7 Å². The average molecular weight is 720 g/mol. The van der Waals surface area contributed by atoms with Crippen molar-refractivity contribution < 1.29 is 9.53 Å². The van der Waals surface area contributed by atoms with Crippen LogP contribution in [0.1, 0.15) is 94.1 Å². The van der Waals surface area contributed by atoms with Crippen molar-refractivity contribution in [2.75, 3.05) is 6.61 Å². The van der Waals surface area contributed by atoms with Crippen molar-refractivity contribution in [3.63, 3.8) is 0 Å². The van der Waals surface area contributed by atoms with Crippen LogP contribution in [0.3, 0.4) is 0 Å². The van der Waals surface area contributed by atoms with E-state index in [4.69, 9.17) is 4.74 Å². The Hall–Kier alpha value is -1.81. The van der Waals surface area contributed by atoms with Crippen molar-refractivity contribution in [2.24, 2.45) is 0 Å². The summed E-state index contributed by atoms with van der Waals surface area (Å²) in [6.45, 7) is 9.39. The van der Waals surface area contributed by atoms with Gasteiger partial charge in [-0.25, -0.2) is 0 Å². The minimum absolute atomic E-state index is 0.237. The standard InChI is InChI=1S/C26H22O2PS.3C4H9.Sn/c1-2-28-26(27)19-15-13-18(14-16-19)24-21-10-6-11-22(21)25(23-12-7-17-30-23)29(24)20-8-4-3-5-9-20;3*1-3-4-2;/h3-5,7-9,12-16H,2,6,10-11H2,1H3;3*1,3-4H2,2H3;. The molecule has 0 spiro atoms. The third-order valence-electron chi connectivity index (χ3n) is 9.31. The SMILES string of the molecule is CCC[CH2][Sn]([CH2]CCC)([CH2]CCC)[c]1ccc(-c2c3c(c(-c4ccc(C(=O)OCC)cc4)p2-c2ccccc2)CCC3)s1. The zero-order valence-electron chi connectivity index (χ0n) is 26.7. The molecule has 2 nitrogen and oxygen atoms in total. The summed E-state index contributed by atoms with van der Waals surface area (Å²) in [5.74, 6) is -0.237. The molecule has 5 rings (SSSR count). The average Bonchev–Trinajstić information content (AvgIpc) is 3.78. The molecular weight excluding hydrogens is 670 g/mol. The fourth-order valence-electron chi connectivity index (χ4n) is 7.06. The fourth-order valence-corrected chi connectivity index (χ4v) is 30.5. The first-order valence-corrected chi connectivity index (χ1v) is 26.4. The number of hydrogen-bond donors (Lipinski definition) is 0. The first-order chi connectivity index (χ1) is 21.1. The van der Waals surface area contributed by atoms with Crippen molar-refractivity contribution in [1.82, 2.24) is 0 Å². The number of thiophene rings is 1. The number of rotatable bonds is 15. The summed E-state index contributed by atoms with van der Waals surface area (Å²) in [4.78, 5) is 14.0. The zero-order valence-corrected chi connectivity index (χ0v) is 31.3. The molecule has 0 bridgehead atoms. The van der Waals surface area contributed by atoms with E-state index >= 15 is 0 Å². The second-order valence-electron chi connectivity index (χ2n) is 12.2. The van der Waals surface area contributed by atoms with Gasteiger partial charge in [-0.15, -0.1) is 0 Å². The van der Waals surface area contributed by atoms with Crippen LogP contribution in [0.2, 0.25) is 13.3 Å². The summed E-state index contributed by atoms with van der Waals surface area (Å²) in [5, 5.41) is 4.60. The molecule has 0 N–H and O–H groups in total. The van der Waals surface area contributed by atoms with Gasteiger partial charge < -0.3 is 0 Å². The molecule has 0 aliphatic heterocycles. The van der Waals surface area contributed by atoms with E-state index < -0.39 is 25.9 Å². The Labute approximate surface area is 269 Å². The summed E-state index contributed by atoms with van der Waals surface area (Å²) in [7, 11) is -0.663. The first-order valence-electron chi connectivity index (χ1n) is 16.8. The molecule has 2 aromatic heterocycles. The van der Waals surface area contributed by atoms with Crippen LogP contribution in [0.4, 0.5) is 0 Å². The number of ether oxygens (including phenoxy) is 1. The van der Waals surface area contributed by atoms with Crippen LogP contribution in [-0.2, 0) is 17.6 Å². The van der Waals surface area contributed by atoms with Gasteiger partial charge in [0.1, 0.15) is 0 Å². The fraction of sp³-hybridized carbons (Fsp3) is 0.447. The summed E-state index contributed by atoms with van der Waals surface area (Å²) in [6.07, 6.45) is 11.7. The third-order valence-corrected chi connectivity index (χ3v) is 31.6. The van der Waals surface area contributed by atoms with Crippen LogP contribution in [0.25, 0.3) is 26.3 Å². The normalized spacial score (nSPS) is 13.3. The molecule has 43 heavy (non-hydrogen) atoms. The molecule has 1 aliphatic rings. The van der Waals surface area contributed by atoms with Crippen molar-refractivity contribution >= 4 is 46.1 Å². The number of unbranched alkanes of at least 4 members (excludes halogenated alkanes) is 3. The van der Waals surface area contributed by atoms with Crippen LogP contribution < -0.4 is 2.89 Å². The number of carbonyl (C=O) groups is 1. The number of fused-ring (bicyclic) bond motifs is 1. The molecule has 0 radical (unpaired) electrons. The predicted octanol–water partition coefficient (Wildman–Crippen LogP) is 11.8. The van der Waals surface area contributed by atoms with E-state index in [1.807, 2.05) is 21.9 Å². The van der Waals surface area contributed by atoms with Gasteiger partial charge in [0.05, 0.1) is 6.61 Å². The number of benzene rings is 2. The molecular formula is C38H49O2PSSn. The van der Waals surface area contributed by atoms with E-state index in [0.29, 0.717) is 12.2 Å². The first kappa shape index (κ1) is 32.6. The van der Waals surface area contributed by atoms with E-state index in [1.54, 1.807) is 21.3 Å². The molecule has 4 aromatic rings. The van der Waals surface area contributed by atoms with Gasteiger partial charge in [-0.1, -0.05) is 0 Å². The monoisotopic (exact) mass is 720 g/mol.